The summed E-state index contributed by atoms with van der Waals surface area (Å²) in [5, 5.41) is 9.38. The van der Waals surface area contributed by atoms with Crippen LogP contribution in [-0.4, -0.2) is 53.7 Å². The van der Waals surface area contributed by atoms with Gasteiger partial charge in [-0.1, -0.05) is 29.8 Å². The Kier molecular flexibility index (Phi) is 4.75. The zero-order valence-corrected chi connectivity index (χ0v) is 11.5. The molecule has 18 heavy (non-hydrogen) atoms. The molecular weight excluding hydrogens is 224 g/mol. The van der Waals surface area contributed by atoms with Crippen molar-refractivity contribution in [1.29, 1.82) is 0 Å². The number of β-amino-alcohol motifs (C(OH)–C–C–N with tert-alkyl or cyclic N) is 1. The highest BCUT2D eigenvalue weighted by Gasteiger charge is 2.17. The minimum Gasteiger partial charge on any atom is -0.392 e. The fourth-order valence-electron chi connectivity index (χ4n) is 2.57. The molecule has 0 aliphatic carbocycles. The molecule has 0 spiro atoms. The Balaban J connectivity index is 1.80. The second kappa shape index (κ2) is 6.32. The van der Waals surface area contributed by atoms with Crippen LogP contribution in [0.15, 0.2) is 24.3 Å². The van der Waals surface area contributed by atoms with Crippen LogP contribution in [0.1, 0.15) is 18.1 Å². The number of piperazine rings is 1. The molecule has 3 heteroatoms. The first-order valence-electron chi connectivity index (χ1n) is 6.82. The van der Waals surface area contributed by atoms with Crippen molar-refractivity contribution in [2.45, 2.75) is 26.5 Å². The van der Waals surface area contributed by atoms with E-state index in [0.717, 1.165) is 39.3 Å². The predicted molar refractivity (Wildman–Crippen MR) is 74.6 cm³/mol. The van der Waals surface area contributed by atoms with E-state index in [0.29, 0.717) is 0 Å². The first kappa shape index (κ1) is 13.5. The van der Waals surface area contributed by atoms with E-state index in [2.05, 4.69) is 41.0 Å². The molecule has 1 unspecified atom stereocenters. The summed E-state index contributed by atoms with van der Waals surface area (Å²) in [6, 6.07) is 8.75. The van der Waals surface area contributed by atoms with Gasteiger partial charge >= 0.3 is 0 Å². The van der Waals surface area contributed by atoms with Crippen molar-refractivity contribution in [2.75, 3.05) is 32.7 Å². The van der Waals surface area contributed by atoms with Gasteiger partial charge < -0.3 is 5.11 Å². The quantitative estimate of drug-likeness (QED) is 0.874. The molecule has 1 aliphatic heterocycles. The average Bonchev–Trinajstić information content (AvgIpc) is 2.31. The summed E-state index contributed by atoms with van der Waals surface area (Å²) in [6.07, 6.45) is -0.215. The van der Waals surface area contributed by atoms with Crippen LogP contribution in [-0.2, 0) is 6.54 Å². The van der Waals surface area contributed by atoms with Crippen LogP contribution in [0.5, 0.6) is 0 Å². The van der Waals surface area contributed by atoms with Gasteiger partial charge in [0.2, 0.25) is 0 Å². The number of aliphatic hydroxyl groups excluding tert-OH is 1. The van der Waals surface area contributed by atoms with Crippen LogP contribution >= 0.6 is 0 Å². The van der Waals surface area contributed by atoms with Crippen LogP contribution in [0.4, 0.5) is 0 Å². The lowest BCUT2D eigenvalue weighted by molar-refractivity contribution is 0.0781. The van der Waals surface area contributed by atoms with Gasteiger partial charge in [0, 0.05) is 39.3 Å². The summed E-state index contributed by atoms with van der Waals surface area (Å²) in [5.41, 5.74) is 2.74. The number of nitrogens with zero attached hydrogens (tertiary/aromatic N) is 2. The Hall–Kier alpha value is -0.900. The van der Waals surface area contributed by atoms with Crippen LogP contribution in [0, 0.1) is 6.92 Å². The van der Waals surface area contributed by atoms with Gasteiger partial charge in [0.15, 0.2) is 0 Å². The van der Waals surface area contributed by atoms with Crippen molar-refractivity contribution >= 4 is 0 Å². The number of hydrogen-bond acceptors (Lipinski definition) is 3. The van der Waals surface area contributed by atoms with E-state index in [1.54, 1.807) is 0 Å². The Bertz CT molecular complexity index is 371. The molecule has 100 valence electrons. The Morgan fingerprint density at radius 3 is 2.44 bits per heavy atom. The molecule has 1 aromatic rings. The standard InChI is InChI=1S/C15H24N2O/c1-13-4-3-5-15(10-13)12-17-8-6-16(7-9-17)11-14(2)18/h3-5,10,14,18H,6-9,11-12H2,1-2H3. The zero-order valence-electron chi connectivity index (χ0n) is 11.5. The smallest absolute Gasteiger partial charge is 0.0639 e. The molecule has 1 aliphatic rings. The van der Waals surface area contributed by atoms with Crippen LogP contribution in [0.25, 0.3) is 0 Å². The lowest BCUT2D eigenvalue weighted by Crippen LogP contribution is -2.47. The molecule has 3 nitrogen and oxygen atoms in total. The number of aryl methyl sites for hydroxylation is 1. The van der Waals surface area contributed by atoms with E-state index in [-0.39, 0.29) is 6.10 Å². The van der Waals surface area contributed by atoms with Gasteiger partial charge in [-0.15, -0.1) is 0 Å². The third kappa shape index (κ3) is 4.09. The number of benzene rings is 1. The fourth-order valence-corrected chi connectivity index (χ4v) is 2.57. The summed E-state index contributed by atoms with van der Waals surface area (Å²) in [5.74, 6) is 0. The molecule has 0 aromatic heterocycles. The summed E-state index contributed by atoms with van der Waals surface area (Å²) in [7, 11) is 0. The maximum Gasteiger partial charge on any atom is 0.0639 e. The number of aliphatic hydroxyl groups is 1. The van der Waals surface area contributed by atoms with Gasteiger partial charge in [-0.2, -0.15) is 0 Å². The monoisotopic (exact) mass is 248 g/mol. The maximum absolute atomic E-state index is 9.38. The third-order valence-electron chi connectivity index (χ3n) is 3.48. The van der Waals surface area contributed by atoms with Gasteiger partial charge in [-0.3, -0.25) is 9.80 Å². The van der Waals surface area contributed by atoms with Crippen LogP contribution in [0.3, 0.4) is 0 Å². The first-order valence-corrected chi connectivity index (χ1v) is 6.82. The Morgan fingerprint density at radius 1 is 1.17 bits per heavy atom. The van der Waals surface area contributed by atoms with Crippen molar-refractivity contribution < 1.29 is 5.11 Å². The van der Waals surface area contributed by atoms with Crippen LogP contribution in [0.2, 0.25) is 0 Å². The largest absolute Gasteiger partial charge is 0.392 e. The molecule has 0 bridgehead atoms. The molecule has 1 fully saturated rings. The van der Waals surface area contributed by atoms with Crippen molar-refractivity contribution in [3.63, 3.8) is 0 Å². The van der Waals surface area contributed by atoms with Gasteiger partial charge in [0.1, 0.15) is 0 Å². The highest BCUT2D eigenvalue weighted by molar-refractivity contribution is 5.22. The van der Waals surface area contributed by atoms with Crippen molar-refractivity contribution in [1.82, 2.24) is 9.80 Å². The summed E-state index contributed by atoms with van der Waals surface area (Å²) in [4.78, 5) is 4.84. The SMILES string of the molecule is Cc1cccc(CN2CCN(CC(C)O)CC2)c1. The molecule has 1 saturated heterocycles. The average molecular weight is 248 g/mol. The molecule has 1 atom stereocenters. The highest BCUT2D eigenvalue weighted by atomic mass is 16.3. The first-order chi connectivity index (χ1) is 8.63. The van der Waals surface area contributed by atoms with E-state index < -0.39 is 0 Å². The summed E-state index contributed by atoms with van der Waals surface area (Å²) in [6.45, 7) is 10.2. The summed E-state index contributed by atoms with van der Waals surface area (Å²) >= 11 is 0. The minimum absolute atomic E-state index is 0.215. The molecule has 0 saturated carbocycles. The Morgan fingerprint density at radius 2 is 1.83 bits per heavy atom. The molecule has 1 aromatic carbocycles. The van der Waals surface area contributed by atoms with Gasteiger partial charge in [-0.25, -0.2) is 0 Å². The molecule has 1 N–H and O–H groups in total. The lowest BCUT2D eigenvalue weighted by Gasteiger charge is -2.35. The normalized spacial score (nSPS) is 19.9. The predicted octanol–water partition coefficient (Wildman–Crippen LogP) is 1.49. The highest BCUT2D eigenvalue weighted by Crippen LogP contribution is 2.10. The third-order valence-corrected chi connectivity index (χ3v) is 3.48. The second-order valence-corrected chi connectivity index (χ2v) is 5.41. The summed E-state index contributed by atoms with van der Waals surface area (Å²) < 4.78 is 0. The van der Waals surface area contributed by atoms with E-state index in [1.807, 2.05) is 6.92 Å². The van der Waals surface area contributed by atoms with Crippen molar-refractivity contribution in [2.24, 2.45) is 0 Å². The maximum atomic E-state index is 9.38. The number of hydrogen-bond donors (Lipinski definition) is 1. The van der Waals surface area contributed by atoms with E-state index >= 15 is 0 Å². The molecule has 2 rings (SSSR count). The second-order valence-electron chi connectivity index (χ2n) is 5.41. The Labute approximate surface area is 110 Å². The molecule has 0 radical (unpaired) electrons. The molecule has 0 amide bonds. The van der Waals surface area contributed by atoms with Gasteiger partial charge in [0.25, 0.3) is 0 Å². The van der Waals surface area contributed by atoms with Crippen molar-refractivity contribution in [3.05, 3.63) is 35.4 Å². The molecular formula is C15H24N2O. The fraction of sp³-hybridized carbons (Fsp3) is 0.600. The van der Waals surface area contributed by atoms with E-state index in [4.69, 9.17) is 0 Å². The van der Waals surface area contributed by atoms with Crippen molar-refractivity contribution in [3.8, 4) is 0 Å². The minimum atomic E-state index is -0.215. The number of rotatable bonds is 4. The molecule has 1 heterocycles. The zero-order chi connectivity index (χ0) is 13.0. The van der Waals surface area contributed by atoms with E-state index in [1.165, 1.54) is 11.1 Å². The van der Waals surface area contributed by atoms with Gasteiger partial charge in [0.05, 0.1) is 6.10 Å². The van der Waals surface area contributed by atoms with Crippen LogP contribution < -0.4 is 0 Å². The lowest BCUT2D eigenvalue weighted by atomic mass is 10.1. The van der Waals surface area contributed by atoms with E-state index in [9.17, 15) is 5.11 Å². The topological polar surface area (TPSA) is 26.7 Å². The van der Waals surface area contributed by atoms with Gasteiger partial charge in [-0.05, 0) is 19.4 Å².